The molecule has 0 spiro atoms. The van der Waals surface area contributed by atoms with Gasteiger partial charge in [0, 0.05) is 5.75 Å². The van der Waals surface area contributed by atoms with E-state index in [1.54, 1.807) is 0 Å². The zero-order valence-electron chi connectivity index (χ0n) is 10.5. The maximum atomic E-state index is 11.9. The van der Waals surface area contributed by atoms with Gasteiger partial charge in [-0.1, -0.05) is 0 Å². The maximum Gasteiger partial charge on any atom is 0.320 e. The second kappa shape index (κ2) is 6.60. The summed E-state index contributed by atoms with van der Waals surface area (Å²) >= 11 is 3.89. The molecule has 0 bridgehead atoms. The van der Waals surface area contributed by atoms with Crippen LogP contribution in [-0.2, 0) is 11.2 Å². The molecule has 1 rings (SSSR count). The van der Waals surface area contributed by atoms with Crippen LogP contribution >= 0.6 is 12.6 Å². The van der Waals surface area contributed by atoms with Crippen molar-refractivity contribution in [2.75, 3.05) is 5.75 Å². The predicted molar refractivity (Wildman–Crippen MR) is 75.2 cm³/mol. The number of nitrogens with two attached hydrogens (primary N) is 2. The number of carboxylic acids is 1. The first kappa shape index (κ1) is 16.3. The van der Waals surface area contributed by atoms with Crippen molar-refractivity contribution < 1.29 is 24.9 Å². The average molecular weight is 300 g/mol. The van der Waals surface area contributed by atoms with E-state index in [0.717, 1.165) is 6.07 Å². The molecule has 1 aromatic rings. The standard InChI is InChI=1S/C12H16N2O5S/c13-7(12(18)19)2-5-1-6(10(16)8(14)4-20)11(17)9(15)3-5/h1,3,7-8,15,17,20H,2,4,13-14H2,(H,18,19). The van der Waals surface area contributed by atoms with Crippen molar-refractivity contribution in [2.45, 2.75) is 18.5 Å². The molecule has 7 nitrogen and oxygen atoms in total. The Kier molecular flexibility index (Phi) is 5.37. The third-order valence-electron chi connectivity index (χ3n) is 2.72. The van der Waals surface area contributed by atoms with Crippen molar-refractivity contribution in [1.82, 2.24) is 0 Å². The highest BCUT2D eigenvalue weighted by Crippen LogP contribution is 2.31. The van der Waals surface area contributed by atoms with E-state index in [2.05, 4.69) is 12.6 Å². The molecule has 0 radical (unpaired) electrons. The van der Waals surface area contributed by atoms with E-state index in [1.807, 2.05) is 0 Å². The van der Waals surface area contributed by atoms with Crippen LogP contribution < -0.4 is 11.5 Å². The van der Waals surface area contributed by atoms with E-state index in [1.165, 1.54) is 6.07 Å². The minimum atomic E-state index is -1.21. The summed E-state index contributed by atoms with van der Waals surface area (Å²) in [6.45, 7) is 0. The van der Waals surface area contributed by atoms with E-state index in [4.69, 9.17) is 16.6 Å². The molecule has 0 aliphatic carbocycles. The molecular formula is C12H16N2O5S. The molecular weight excluding hydrogens is 284 g/mol. The highest BCUT2D eigenvalue weighted by molar-refractivity contribution is 7.80. The van der Waals surface area contributed by atoms with Crippen LogP contribution in [0, 0.1) is 0 Å². The number of benzene rings is 1. The van der Waals surface area contributed by atoms with E-state index < -0.39 is 35.3 Å². The highest BCUT2D eigenvalue weighted by Gasteiger charge is 2.22. The smallest absolute Gasteiger partial charge is 0.320 e. The maximum absolute atomic E-state index is 11.9. The lowest BCUT2D eigenvalue weighted by Crippen LogP contribution is -2.33. The fourth-order valence-corrected chi connectivity index (χ4v) is 1.77. The van der Waals surface area contributed by atoms with Gasteiger partial charge in [-0.25, -0.2) is 0 Å². The largest absolute Gasteiger partial charge is 0.504 e. The monoisotopic (exact) mass is 300 g/mol. The molecule has 2 atom stereocenters. The fraction of sp³-hybridized carbons (Fsp3) is 0.333. The summed E-state index contributed by atoms with van der Waals surface area (Å²) in [6, 6.07) is 0.303. The molecule has 20 heavy (non-hydrogen) atoms. The van der Waals surface area contributed by atoms with Crippen molar-refractivity contribution in [2.24, 2.45) is 11.5 Å². The Morgan fingerprint density at radius 3 is 2.30 bits per heavy atom. The van der Waals surface area contributed by atoms with E-state index in [9.17, 15) is 19.8 Å². The predicted octanol–water partition coefficient (Wildman–Crippen LogP) is -0.508. The minimum absolute atomic E-state index is 0.0674. The Hall–Kier alpha value is -1.77. The summed E-state index contributed by atoms with van der Waals surface area (Å²) < 4.78 is 0. The summed E-state index contributed by atoms with van der Waals surface area (Å²) in [5, 5.41) is 28.0. The zero-order valence-corrected chi connectivity index (χ0v) is 11.4. The molecule has 8 heteroatoms. The normalized spacial score (nSPS) is 13.8. The third kappa shape index (κ3) is 3.62. The van der Waals surface area contributed by atoms with Crippen molar-refractivity contribution in [3.05, 3.63) is 23.3 Å². The molecule has 0 aliphatic rings. The second-order valence-corrected chi connectivity index (χ2v) is 4.68. The lowest BCUT2D eigenvalue weighted by Gasteiger charge is -2.13. The van der Waals surface area contributed by atoms with E-state index in [-0.39, 0.29) is 17.7 Å². The molecule has 0 amide bonds. The van der Waals surface area contributed by atoms with Gasteiger partial charge in [-0.05, 0) is 24.1 Å². The van der Waals surface area contributed by atoms with Crippen molar-refractivity contribution in [1.29, 1.82) is 0 Å². The SMILES string of the molecule is NC(Cc1cc(O)c(O)c(C(=O)C(N)CS)c1)C(=O)O. The van der Waals surface area contributed by atoms with Gasteiger partial charge in [0.05, 0.1) is 11.6 Å². The molecule has 0 fully saturated rings. The number of ketones is 1. The first-order valence-electron chi connectivity index (χ1n) is 5.71. The van der Waals surface area contributed by atoms with E-state index in [0.29, 0.717) is 5.56 Å². The first-order valence-corrected chi connectivity index (χ1v) is 6.35. The van der Waals surface area contributed by atoms with E-state index >= 15 is 0 Å². The molecule has 0 aliphatic heterocycles. The molecule has 0 saturated heterocycles. The Labute approximate surface area is 120 Å². The highest BCUT2D eigenvalue weighted by atomic mass is 32.1. The number of carboxylic acid groups (broad SMARTS) is 1. The molecule has 1 aromatic carbocycles. The van der Waals surface area contributed by atoms with Crippen LogP contribution in [-0.4, -0.2) is 44.9 Å². The van der Waals surface area contributed by atoms with Crippen LogP contribution in [0.4, 0.5) is 0 Å². The van der Waals surface area contributed by atoms with Gasteiger partial charge in [0.2, 0.25) is 0 Å². The van der Waals surface area contributed by atoms with Gasteiger partial charge in [0.25, 0.3) is 0 Å². The van der Waals surface area contributed by atoms with Gasteiger partial charge in [0.15, 0.2) is 17.3 Å². The summed E-state index contributed by atoms with van der Waals surface area (Å²) in [4.78, 5) is 22.6. The summed E-state index contributed by atoms with van der Waals surface area (Å²) in [7, 11) is 0. The average Bonchev–Trinajstić information content (AvgIpc) is 2.40. The third-order valence-corrected chi connectivity index (χ3v) is 3.11. The van der Waals surface area contributed by atoms with Crippen LogP contribution in [0.1, 0.15) is 15.9 Å². The Morgan fingerprint density at radius 2 is 1.80 bits per heavy atom. The number of phenols is 2. The molecule has 0 saturated carbocycles. The lowest BCUT2D eigenvalue weighted by atomic mass is 9.98. The van der Waals surface area contributed by atoms with Crippen molar-refractivity contribution in [3.63, 3.8) is 0 Å². The molecule has 0 heterocycles. The van der Waals surface area contributed by atoms with Gasteiger partial charge in [-0.2, -0.15) is 12.6 Å². The second-order valence-electron chi connectivity index (χ2n) is 4.31. The Balaban J connectivity index is 3.16. The molecule has 2 unspecified atom stereocenters. The Morgan fingerprint density at radius 1 is 1.20 bits per heavy atom. The number of aliphatic carboxylic acids is 1. The van der Waals surface area contributed by atoms with Crippen molar-refractivity contribution >= 4 is 24.4 Å². The van der Waals surface area contributed by atoms with Gasteiger partial charge in [-0.15, -0.1) is 0 Å². The quantitative estimate of drug-likeness (QED) is 0.235. The number of aromatic hydroxyl groups is 2. The first-order chi connectivity index (χ1) is 9.27. The van der Waals surface area contributed by atoms with Crippen LogP contribution in [0.3, 0.4) is 0 Å². The van der Waals surface area contributed by atoms with Crippen molar-refractivity contribution in [3.8, 4) is 11.5 Å². The number of rotatable bonds is 6. The van der Waals surface area contributed by atoms with Crippen LogP contribution in [0.15, 0.2) is 12.1 Å². The molecule has 7 N–H and O–H groups in total. The summed E-state index contributed by atoms with van der Waals surface area (Å²) in [6.07, 6.45) is -0.0977. The number of Topliss-reactive ketones (excluding diaryl/α,β-unsaturated/α-hetero) is 1. The summed E-state index contributed by atoms with van der Waals surface area (Å²) in [5.74, 6) is -2.87. The number of thiol groups is 1. The number of carbonyl (C=O) groups is 2. The van der Waals surface area contributed by atoms with Crippen LogP contribution in [0.25, 0.3) is 0 Å². The Bertz CT molecular complexity index is 535. The molecule has 0 aromatic heterocycles. The van der Waals surface area contributed by atoms with Gasteiger partial charge in [-0.3, -0.25) is 9.59 Å². The minimum Gasteiger partial charge on any atom is -0.504 e. The number of carbonyl (C=O) groups excluding carboxylic acids is 1. The molecule has 110 valence electrons. The topological polar surface area (TPSA) is 147 Å². The lowest BCUT2D eigenvalue weighted by molar-refractivity contribution is -0.138. The van der Waals surface area contributed by atoms with Gasteiger partial charge >= 0.3 is 5.97 Å². The van der Waals surface area contributed by atoms with Crippen LogP contribution in [0.2, 0.25) is 0 Å². The van der Waals surface area contributed by atoms with Gasteiger partial charge in [0.1, 0.15) is 6.04 Å². The van der Waals surface area contributed by atoms with Crippen LogP contribution in [0.5, 0.6) is 11.5 Å². The summed E-state index contributed by atoms with van der Waals surface area (Å²) in [5.41, 5.74) is 11.0. The number of hydrogen-bond donors (Lipinski definition) is 6. The number of phenolic OH excluding ortho intramolecular Hbond substituents is 2. The van der Waals surface area contributed by atoms with Gasteiger partial charge < -0.3 is 26.8 Å². The number of hydrogen-bond acceptors (Lipinski definition) is 7. The fourth-order valence-electron chi connectivity index (χ4n) is 1.61. The zero-order chi connectivity index (χ0) is 15.4.